The lowest BCUT2D eigenvalue weighted by atomic mass is 9.85. The summed E-state index contributed by atoms with van der Waals surface area (Å²) >= 11 is 1.92. The van der Waals surface area contributed by atoms with E-state index >= 15 is 0 Å². The standard InChI is InChI=1S/C32H44N4O3SSi/c1-21-17-23(31(37)38-5)14-15-25(21)29-27-28(26-13-8-9-16-33-26)35-36(18-22-11-10-12-22)30(27)34-24(20-40-29)19-39-41(6,7)32(2,3)4/h8-9,13-17,22,24,29,34H,10-12,18-20H2,1-7H3. The predicted octanol–water partition coefficient (Wildman–Crippen LogP) is 7.48. The van der Waals surface area contributed by atoms with Gasteiger partial charge >= 0.3 is 5.97 Å². The van der Waals surface area contributed by atoms with Gasteiger partial charge in [0.05, 0.1) is 36.3 Å². The fourth-order valence-electron chi connectivity index (χ4n) is 5.23. The van der Waals surface area contributed by atoms with Crippen LogP contribution in [-0.2, 0) is 15.7 Å². The summed E-state index contributed by atoms with van der Waals surface area (Å²) in [5.41, 5.74) is 5.77. The second kappa shape index (κ2) is 11.9. The number of thioether (sulfide) groups is 1. The van der Waals surface area contributed by atoms with Crippen molar-refractivity contribution in [2.75, 3.05) is 24.8 Å². The number of nitrogens with one attached hydrogen (secondary N) is 1. The van der Waals surface area contributed by atoms with Gasteiger partial charge in [-0.05, 0) is 79.2 Å². The molecule has 1 aliphatic heterocycles. The first kappa shape index (κ1) is 29.9. The van der Waals surface area contributed by atoms with Crippen molar-refractivity contribution in [2.24, 2.45) is 5.92 Å². The average molecular weight is 593 g/mol. The summed E-state index contributed by atoms with van der Waals surface area (Å²) < 4.78 is 13.9. The second-order valence-electron chi connectivity index (χ2n) is 13.0. The Morgan fingerprint density at radius 3 is 2.59 bits per heavy atom. The number of hydrogen-bond donors (Lipinski definition) is 1. The highest BCUT2D eigenvalue weighted by atomic mass is 32.2. The quantitative estimate of drug-likeness (QED) is 0.215. The van der Waals surface area contributed by atoms with Crippen molar-refractivity contribution in [1.82, 2.24) is 14.8 Å². The number of hydrogen-bond acceptors (Lipinski definition) is 7. The van der Waals surface area contributed by atoms with E-state index in [9.17, 15) is 4.79 Å². The molecule has 1 saturated carbocycles. The molecule has 7 nitrogen and oxygen atoms in total. The molecule has 0 bridgehead atoms. The van der Waals surface area contributed by atoms with Crippen LogP contribution >= 0.6 is 11.8 Å². The number of aromatic nitrogens is 3. The summed E-state index contributed by atoms with van der Waals surface area (Å²) in [5, 5.41) is 9.34. The Bertz CT molecular complexity index is 1380. The molecule has 2 aliphatic rings. The van der Waals surface area contributed by atoms with Crippen molar-refractivity contribution in [3.05, 3.63) is 64.8 Å². The van der Waals surface area contributed by atoms with Crippen LogP contribution in [0.1, 0.15) is 72.3 Å². The van der Waals surface area contributed by atoms with Gasteiger partial charge in [-0.25, -0.2) is 9.48 Å². The molecule has 3 aromatic rings. The van der Waals surface area contributed by atoms with Gasteiger partial charge in [-0.2, -0.15) is 5.10 Å². The predicted molar refractivity (Wildman–Crippen MR) is 170 cm³/mol. The van der Waals surface area contributed by atoms with Gasteiger partial charge < -0.3 is 14.5 Å². The first-order valence-electron chi connectivity index (χ1n) is 14.7. The molecule has 2 aromatic heterocycles. The van der Waals surface area contributed by atoms with E-state index in [-0.39, 0.29) is 22.3 Å². The molecule has 0 radical (unpaired) electrons. The van der Waals surface area contributed by atoms with Gasteiger partial charge in [-0.3, -0.25) is 4.98 Å². The van der Waals surface area contributed by atoms with E-state index in [4.69, 9.17) is 19.2 Å². The summed E-state index contributed by atoms with van der Waals surface area (Å²) in [6.07, 6.45) is 5.63. The van der Waals surface area contributed by atoms with Crippen LogP contribution in [0.15, 0.2) is 42.6 Å². The summed E-state index contributed by atoms with van der Waals surface area (Å²) in [6, 6.07) is 12.1. The molecule has 2 unspecified atom stereocenters. The molecular formula is C32H44N4O3SSi. The minimum absolute atomic E-state index is 0.0224. The van der Waals surface area contributed by atoms with Gasteiger partial charge in [0.1, 0.15) is 11.5 Å². The van der Waals surface area contributed by atoms with Crippen molar-refractivity contribution >= 4 is 31.9 Å². The van der Waals surface area contributed by atoms with Gasteiger partial charge in [0, 0.05) is 24.1 Å². The molecule has 0 amide bonds. The van der Waals surface area contributed by atoms with Crippen LogP contribution in [0.2, 0.25) is 18.1 Å². The Morgan fingerprint density at radius 2 is 1.98 bits per heavy atom. The van der Waals surface area contributed by atoms with E-state index in [1.54, 1.807) is 0 Å². The lowest BCUT2D eigenvalue weighted by Gasteiger charge is -2.37. The molecule has 0 saturated heterocycles. The lowest BCUT2D eigenvalue weighted by molar-refractivity contribution is 0.0600. The van der Waals surface area contributed by atoms with Crippen molar-refractivity contribution in [2.45, 2.75) is 82.9 Å². The summed E-state index contributed by atoms with van der Waals surface area (Å²) in [4.78, 5) is 17.0. The number of carbonyl (C=O) groups is 1. The van der Waals surface area contributed by atoms with Gasteiger partial charge in [0.25, 0.3) is 0 Å². The maximum absolute atomic E-state index is 12.3. The largest absolute Gasteiger partial charge is 0.465 e. The van der Waals surface area contributed by atoms with E-state index in [1.807, 2.05) is 48.3 Å². The third-order valence-corrected chi connectivity index (χ3v) is 15.0. The van der Waals surface area contributed by atoms with Crippen LogP contribution < -0.4 is 5.32 Å². The normalized spacial score (nSPS) is 19.6. The van der Waals surface area contributed by atoms with Gasteiger partial charge in [-0.1, -0.05) is 39.3 Å². The molecule has 0 spiro atoms. The van der Waals surface area contributed by atoms with Crippen molar-refractivity contribution in [1.29, 1.82) is 0 Å². The highest BCUT2D eigenvalue weighted by Crippen LogP contribution is 2.48. The molecule has 1 aliphatic carbocycles. The fraction of sp³-hybridized carbons (Fsp3) is 0.531. The number of carbonyl (C=O) groups excluding carboxylic acids is 1. The minimum atomic E-state index is -1.92. The van der Waals surface area contributed by atoms with E-state index in [1.165, 1.54) is 31.9 Å². The minimum Gasteiger partial charge on any atom is -0.465 e. The number of fused-ring (bicyclic) bond motifs is 1. The van der Waals surface area contributed by atoms with Crippen LogP contribution in [-0.4, -0.2) is 54.6 Å². The zero-order chi connectivity index (χ0) is 29.4. The Hall–Kier alpha value is -2.62. The van der Waals surface area contributed by atoms with Gasteiger partial charge in [-0.15, -0.1) is 11.8 Å². The SMILES string of the molecule is COC(=O)c1ccc(C2SCC(CO[Si](C)(C)C(C)(C)C)Nc3c2c(-c2ccccn2)nn3CC2CCC2)c(C)c1. The number of rotatable bonds is 8. The number of nitrogens with zero attached hydrogens (tertiary/aromatic N) is 3. The number of benzene rings is 1. The smallest absolute Gasteiger partial charge is 0.337 e. The van der Waals surface area contributed by atoms with Crippen LogP contribution in [0, 0.1) is 12.8 Å². The lowest BCUT2D eigenvalue weighted by Crippen LogP contribution is -2.44. The maximum Gasteiger partial charge on any atom is 0.337 e. The number of ether oxygens (including phenoxy) is 1. The van der Waals surface area contributed by atoms with E-state index < -0.39 is 8.32 Å². The first-order chi connectivity index (χ1) is 19.5. The molecule has 5 rings (SSSR count). The van der Waals surface area contributed by atoms with E-state index in [2.05, 4.69) is 56.9 Å². The maximum atomic E-state index is 12.3. The molecule has 3 heterocycles. The van der Waals surface area contributed by atoms with Crippen molar-refractivity contribution < 1.29 is 14.0 Å². The van der Waals surface area contributed by atoms with E-state index in [0.29, 0.717) is 18.1 Å². The summed E-state index contributed by atoms with van der Waals surface area (Å²) in [7, 11) is -0.494. The molecule has 1 fully saturated rings. The van der Waals surface area contributed by atoms with Crippen molar-refractivity contribution in [3.63, 3.8) is 0 Å². The Kier molecular flexibility index (Phi) is 8.69. The van der Waals surface area contributed by atoms with Gasteiger partial charge in [0.2, 0.25) is 0 Å². The Morgan fingerprint density at radius 1 is 1.20 bits per heavy atom. The zero-order valence-corrected chi connectivity index (χ0v) is 27.3. The zero-order valence-electron chi connectivity index (χ0n) is 25.5. The second-order valence-corrected chi connectivity index (χ2v) is 18.9. The third-order valence-electron chi connectivity index (χ3n) is 9.04. The summed E-state index contributed by atoms with van der Waals surface area (Å²) in [5.74, 6) is 2.29. The average Bonchev–Trinajstić information content (AvgIpc) is 3.15. The number of aryl methyl sites for hydroxylation is 1. The topological polar surface area (TPSA) is 78.3 Å². The number of anilines is 1. The molecule has 9 heteroatoms. The molecule has 220 valence electrons. The van der Waals surface area contributed by atoms with Crippen molar-refractivity contribution in [3.8, 4) is 11.4 Å². The molecule has 2 atom stereocenters. The highest BCUT2D eigenvalue weighted by Gasteiger charge is 2.39. The van der Waals surface area contributed by atoms with Crippen LogP contribution in [0.25, 0.3) is 11.4 Å². The molecule has 1 N–H and O–H groups in total. The van der Waals surface area contributed by atoms with Crippen LogP contribution in [0.4, 0.5) is 5.82 Å². The molecule has 1 aromatic carbocycles. The molecular weight excluding hydrogens is 549 g/mol. The number of methoxy groups -OCH3 is 1. The number of pyridine rings is 1. The summed E-state index contributed by atoms with van der Waals surface area (Å²) in [6.45, 7) is 15.1. The highest BCUT2D eigenvalue weighted by molar-refractivity contribution is 7.99. The van der Waals surface area contributed by atoms with Crippen LogP contribution in [0.5, 0.6) is 0 Å². The van der Waals surface area contributed by atoms with Crippen LogP contribution in [0.3, 0.4) is 0 Å². The Balaban J connectivity index is 1.60. The van der Waals surface area contributed by atoms with Gasteiger partial charge in [0.15, 0.2) is 8.32 Å². The third kappa shape index (κ3) is 6.27. The first-order valence-corrected chi connectivity index (χ1v) is 18.7. The monoisotopic (exact) mass is 592 g/mol. The number of esters is 1. The fourth-order valence-corrected chi connectivity index (χ4v) is 7.72. The Labute approximate surface area is 249 Å². The molecule has 41 heavy (non-hydrogen) atoms. The van der Waals surface area contributed by atoms with E-state index in [0.717, 1.165) is 40.6 Å².